The Bertz CT molecular complexity index is 465. The Morgan fingerprint density at radius 2 is 1.76 bits per heavy atom. The van der Waals surface area contributed by atoms with Gasteiger partial charge in [0.1, 0.15) is 0 Å². The Balaban J connectivity index is 2.07. The number of hydrogen-bond acceptors (Lipinski definition) is 2. The highest BCUT2D eigenvalue weighted by Crippen LogP contribution is 2.36. The molecule has 1 heterocycles. The minimum Gasteiger partial charge on any atom is -0.329 e. The van der Waals surface area contributed by atoms with Crippen molar-refractivity contribution < 1.29 is 0 Å². The number of aryl methyl sites for hydroxylation is 2. The first-order valence-corrected chi connectivity index (χ1v) is 8.34. The molecule has 1 saturated heterocycles. The topological polar surface area (TPSA) is 29.3 Å². The van der Waals surface area contributed by atoms with Crippen molar-refractivity contribution >= 4 is 0 Å². The van der Waals surface area contributed by atoms with E-state index in [4.69, 9.17) is 5.73 Å². The molecule has 0 bridgehead atoms. The molecule has 1 fully saturated rings. The molecule has 2 N–H and O–H groups in total. The Morgan fingerprint density at radius 3 is 2.24 bits per heavy atom. The lowest BCUT2D eigenvalue weighted by atomic mass is 9.75. The SMILES string of the molecule is Cc1ccc(C(CN)N2CCC(C(C)(C)C)CC2)cc1C. The van der Waals surface area contributed by atoms with E-state index in [1.165, 1.54) is 42.6 Å². The van der Waals surface area contributed by atoms with Gasteiger partial charge in [-0.05, 0) is 67.8 Å². The fourth-order valence-corrected chi connectivity index (χ4v) is 3.55. The number of likely N-dealkylation sites (tertiary alicyclic amines) is 1. The van der Waals surface area contributed by atoms with Gasteiger partial charge < -0.3 is 5.73 Å². The van der Waals surface area contributed by atoms with Gasteiger partial charge in [-0.15, -0.1) is 0 Å². The van der Waals surface area contributed by atoms with Crippen molar-refractivity contribution in [1.29, 1.82) is 0 Å². The Labute approximate surface area is 130 Å². The van der Waals surface area contributed by atoms with Crippen LogP contribution in [0.5, 0.6) is 0 Å². The highest BCUT2D eigenvalue weighted by molar-refractivity contribution is 5.32. The van der Waals surface area contributed by atoms with Gasteiger partial charge in [0, 0.05) is 12.6 Å². The summed E-state index contributed by atoms with van der Waals surface area (Å²) in [6.07, 6.45) is 2.59. The summed E-state index contributed by atoms with van der Waals surface area (Å²) in [5, 5.41) is 0. The number of hydrogen-bond donors (Lipinski definition) is 1. The summed E-state index contributed by atoms with van der Waals surface area (Å²) < 4.78 is 0. The summed E-state index contributed by atoms with van der Waals surface area (Å²) in [6, 6.07) is 7.19. The average Bonchev–Trinajstić information content (AvgIpc) is 2.43. The molecule has 0 radical (unpaired) electrons. The lowest BCUT2D eigenvalue weighted by molar-refractivity contribution is 0.0846. The van der Waals surface area contributed by atoms with Gasteiger partial charge in [0.15, 0.2) is 0 Å². The monoisotopic (exact) mass is 288 g/mol. The predicted molar refractivity (Wildman–Crippen MR) is 91.5 cm³/mol. The van der Waals surface area contributed by atoms with Crippen LogP contribution in [-0.2, 0) is 0 Å². The summed E-state index contributed by atoms with van der Waals surface area (Å²) in [6.45, 7) is 14.5. The van der Waals surface area contributed by atoms with Crippen molar-refractivity contribution in [3.63, 3.8) is 0 Å². The molecule has 0 aromatic heterocycles. The lowest BCUT2D eigenvalue weighted by Gasteiger charge is -2.42. The summed E-state index contributed by atoms with van der Waals surface area (Å²) in [7, 11) is 0. The maximum Gasteiger partial charge on any atom is 0.0470 e. The van der Waals surface area contributed by atoms with Crippen molar-refractivity contribution in [2.24, 2.45) is 17.1 Å². The van der Waals surface area contributed by atoms with Crippen molar-refractivity contribution in [3.8, 4) is 0 Å². The first-order chi connectivity index (χ1) is 9.82. The highest BCUT2D eigenvalue weighted by Gasteiger charge is 2.31. The Kier molecular flexibility index (Phi) is 5.11. The molecule has 21 heavy (non-hydrogen) atoms. The van der Waals surface area contributed by atoms with Gasteiger partial charge in [0.25, 0.3) is 0 Å². The molecular weight excluding hydrogens is 256 g/mol. The van der Waals surface area contributed by atoms with Crippen LogP contribution in [0.25, 0.3) is 0 Å². The van der Waals surface area contributed by atoms with Crippen molar-refractivity contribution in [2.45, 2.75) is 53.5 Å². The number of benzene rings is 1. The number of nitrogens with two attached hydrogens (primary N) is 1. The quantitative estimate of drug-likeness (QED) is 0.908. The smallest absolute Gasteiger partial charge is 0.0470 e. The second-order valence-electron chi connectivity index (χ2n) is 7.77. The van der Waals surface area contributed by atoms with Crippen LogP contribution in [0.3, 0.4) is 0 Å². The van der Waals surface area contributed by atoms with Crippen LogP contribution in [0.15, 0.2) is 18.2 Å². The second-order valence-corrected chi connectivity index (χ2v) is 7.77. The second kappa shape index (κ2) is 6.50. The zero-order chi connectivity index (χ0) is 15.6. The standard InChI is InChI=1S/C19H32N2/c1-14-6-7-16(12-15(14)2)18(13-20)21-10-8-17(9-11-21)19(3,4)5/h6-7,12,17-18H,8-11,13,20H2,1-5H3. The van der Waals surface area contributed by atoms with E-state index in [0.29, 0.717) is 18.0 Å². The summed E-state index contributed by atoms with van der Waals surface area (Å²) in [5.41, 5.74) is 10.7. The van der Waals surface area contributed by atoms with Crippen LogP contribution in [0.2, 0.25) is 0 Å². The third-order valence-electron chi connectivity index (χ3n) is 5.33. The summed E-state index contributed by atoms with van der Waals surface area (Å²) in [4.78, 5) is 2.59. The molecule has 1 aliphatic rings. The zero-order valence-electron chi connectivity index (χ0n) is 14.4. The van der Waals surface area contributed by atoms with E-state index < -0.39 is 0 Å². The van der Waals surface area contributed by atoms with Crippen LogP contribution in [0, 0.1) is 25.2 Å². The fraction of sp³-hybridized carbons (Fsp3) is 0.684. The van der Waals surface area contributed by atoms with Crippen LogP contribution in [-0.4, -0.2) is 24.5 Å². The summed E-state index contributed by atoms with van der Waals surface area (Å²) in [5.74, 6) is 0.840. The normalized spacial score (nSPS) is 19.7. The van der Waals surface area contributed by atoms with Gasteiger partial charge in [-0.3, -0.25) is 4.90 Å². The summed E-state index contributed by atoms with van der Waals surface area (Å²) >= 11 is 0. The van der Waals surface area contributed by atoms with Crippen molar-refractivity contribution in [1.82, 2.24) is 4.90 Å². The Hall–Kier alpha value is -0.860. The van der Waals surface area contributed by atoms with Gasteiger partial charge in [0.05, 0.1) is 0 Å². The van der Waals surface area contributed by atoms with Gasteiger partial charge in [0.2, 0.25) is 0 Å². The molecule has 1 atom stereocenters. The predicted octanol–water partition coefficient (Wildman–Crippen LogP) is 4.06. The fourth-order valence-electron chi connectivity index (χ4n) is 3.55. The maximum absolute atomic E-state index is 6.10. The largest absolute Gasteiger partial charge is 0.329 e. The minimum atomic E-state index is 0.380. The van der Waals surface area contributed by atoms with Gasteiger partial charge >= 0.3 is 0 Å². The Morgan fingerprint density at radius 1 is 1.14 bits per heavy atom. The van der Waals surface area contributed by atoms with Gasteiger partial charge in [-0.25, -0.2) is 0 Å². The van der Waals surface area contributed by atoms with E-state index in [2.05, 4.69) is 57.7 Å². The lowest BCUT2D eigenvalue weighted by Crippen LogP contribution is -2.42. The molecule has 1 aliphatic heterocycles. The van der Waals surface area contributed by atoms with Crippen LogP contribution in [0.4, 0.5) is 0 Å². The van der Waals surface area contributed by atoms with Crippen LogP contribution in [0.1, 0.15) is 56.3 Å². The third kappa shape index (κ3) is 3.87. The van der Waals surface area contributed by atoms with Crippen LogP contribution >= 0.6 is 0 Å². The molecule has 0 aliphatic carbocycles. The third-order valence-corrected chi connectivity index (χ3v) is 5.33. The molecule has 2 heteroatoms. The average molecular weight is 288 g/mol. The van der Waals surface area contributed by atoms with Crippen molar-refractivity contribution in [3.05, 3.63) is 34.9 Å². The molecule has 1 aromatic rings. The number of rotatable bonds is 3. The van der Waals surface area contributed by atoms with Gasteiger partial charge in [-0.2, -0.15) is 0 Å². The molecule has 1 aromatic carbocycles. The molecule has 2 nitrogen and oxygen atoms in total. The van der Waals surface area contributed by atoms with Gasteiger partial charge in [-0.1, -0.05) is 39.0 Å². The van der Waals surface area contributed by atoms with E-state index in [1.54, 1.807) is 0 Å². The van der Waals surface area contributed by atoms with Crippen LogP contribution < -0.4 is 5.73 Å². The molecular formula is C19H32N2. The van der Waals surface area contributed by atoms with E-state index in [-0.39, 0.29) is 0 Å². The number of nitrogens with zero attached hydrogens (tertiary/aromatic N) is 1. The minimum absolute atomic E-state index is 0.380. The molecule has 118 valence electrons. The molecule has 0 saturated carbocycles. The molecule has 2 rings (SSSR count). The zero-order valence-corrected chi connectivity index (χ0v) is 14.4. The van der Waals surface area contributed by atoms with E-state index in [9.17, 15) is 0 Å². The number of piperidine rings is 1. The van der Waals surface area contributed by atoms with E-state index >= 15 is 0 Å². The molecule has 0 spiro atoms. The molecule has 0 amide bonds. The van der Waals surface area contributed by atoms with Crippen molar-refractivity contribution in [2.75, 3.05) is 19.6 Å². The first kappa shape index (κ1) is 16.5. The molecule has 1 unspecified atom stereocenters. The van der Waals surface area contributed by atoms with E-state index in [1.807, 2.05) is 0 Å². The maximum atomic E-state index is 6.10. The highest BCUT2D eigenvalue weighted by atomic mass is 15.2. The first-order valence-electron chi connectivity index (χ1n) is 8.34. The van der Waals surface area contributed by atoms with E-state index in [0.717, 1.165) is 5.92 Å².